The van der Waals surface area contributed by atoms with Crippen LogP contribution >= 0.6 is 0 Å². The number of hydrogen-bond donors (Lipinski definition) is 0. The van der Waals surface area contributed by atoms with Crippen molar-refractivity contribution in [3.63, 3.8) is 0 Å². The molecule has 0 unspecified atom stereocenters. The van der Waals surface area contributed by atoms with Crippen molar-refractivity contribution in [2.75, 3.05) is 37.6 Å². The van der Waals surface area contributed by atoms with Gasteiger partial charge in [0.05, 0.1) is 4.92 Å². The molecular weight excluding hydrogens is 242 g/mol. The van der Waals surface area contributed by atoms with E-state index < -0.39 is 0 Å². The van der Waals surface area contributed by atoms with E-state index in [9.17, 15) is 10.1 Å². The summed E-state index contributed by atoms with van der Waals surface area (Å²) >= 11 is 0. The lowest BCUT2D eigenvalue weighted by atomic mass is 10.1. The second-order valence-electron chi connectivity index (χ2n) is 5.36. The molecule has 5 heteroatoms. The smallest absolute Gasteiger partial charge is 0.269 e. The lowest BCUT2D eigenvalue weighted by molar-refractivity contribution is -0.384. The van der Waals surface area contributed by atoms with Crippen molar-refractivity contribution >= 4 is 11.4 Å². The topological polar surface area (TPSA) is 49.6 Å². The summed E-state index contributed by atoms with van der Waals surface area (Å²) in [5, 5.41) is 10.8. The van der Waals surface area contributed by atoms with Gasteiger partial charge in [-0.3, -0.25) is 10.1 Å². The van der Waals surface area contributed by atoms with Crippen LogP contribution in [0.4, 0.5) is 11.4 Å². The number of benzene rings is 1. The first-order valence-corrected chi connectivity index (χ1v) is 6.99. The number of nitro benzene ring substituents is 1. The Morgan fingerprint density at radius 3 is 2.68 bits per heavy atom. The molecule has 0 aromatic heterocycles. The molecule has 0 saturated carbocycles. The SMILES string of the molecule is O=[N+]([O-])c1ccc2c(c1)CCN2CCN1CCCC1. The van der Waals surface area contributed by atoms with Gasteiger partial charge in [-0.25, -0.2) is 0 Å². The highest BCUT2D eigenvalue weighted by Crippen LogP contribution is 2.30. The first kappa shape index (κ1) is 12.4. The van der Waals surface area contributed by atoms with Gasteiger partial charge in [0.25, 0.3) is 5.69 Å². The fourth-order valence-electron chi connectivity index (χ4n) is 3.07. The van der Waals surface area contributed by atoms with Crippen LogP contribution in [-0.4, -0.2) is 42.5 Å². The molecule has 1 aromatic carbocycles. The Kier molecular flexibility index (Phi) is 3.38. The highest BCUT2D eigenvalue weighted by Gasteiger charge is 2.22. The van der Waals surface area contributed by atoms with Gasteiger partial charge < -0.3 is 9.80 Å². The molecule has 0 spiro atoms. The molecule has 19 heavy (non-hydrogen) atoms. The van der Waals surface area contributed by atoms with Gasteiger partial charge in [0.2, 0.25) is 0 Å². The molecule has 1 fully saturated rings. The number of likely N-dealkylation sites (tertiary alicyclic amines) is 1. The predicted octanol–water partition coefficient (Wildman–Crippen LogP) is 2.05. The second-order valence-corrected chi connectivity index (χ2v) is 5.36. The van der Waals surface area contributed by atoms with Crippen LogP contribution in [0, 0.1) is 10.1 Å². The normalized spacial score (nSPS) is 18.8. The molecule has 0 amide bonds. The molecule has 0 aliphatic carbocycles. The van der Waals surface area contributed by atoms with Crippen LogP contribution < -0.4 is 4.90 Å². The number of anilines is 1. The molecule has 102 valence electrons. The average molecular weight is 261 g/mol. The van der Waals surface area contributed by atoms with Crippen molar-refractivity contribution < 1.29 is 4.92 Å². The summed E-state index contributed by atoms with van der Waals surface area (Å²) in [6.45, 7) is 5.58. The minimum Gasteiger partial charge on any atom is -0.370 e. The Labute approximate surface area is 113 Å². The molecule has 2 aliphatic heterocycles. The van der Waals surface area contributed by atoms with Crippen LogP contribution in [0.15, 0.2) is 18.2 Å². The van der Waals surface area contributed by atoms with E-state index in [0.717, 1.165) is 31.6 Å². The van der Waals surface area contributed by atoms with Gasteiger partial charge in [-0.1, -0.05) is 0 Å². The van der Waals surface area contributed by atoms with E-state index in [0.29, 0.717) is 0 Å². The average Bonchev–Trinajstić information content (AvgIpc) is 3.05. The van der Waals surface area contributed by atoms with Gasteiger partial charge in [0, 0.05) is 37.5 Å². The summed E-state index contributed by atoms with van der Waals surface area (Å²) in [6.07, 6.45) is 3.57. The first-order valence-electron chi connectivity index (χ1n) is 6.99. The van der Waals surface area contributed by atoms with E-state index in [1.807, 2.05) is 6.07 Å². The van der Waals surface area contributed by atoms with Gasteiger partial charge in [-0.05, 0) is 44.0 Å². The van der Waals surface area contributed by atoms with Crippen LogP contribution in [0.3, 0.4) is 0 Å². The fraction of sp³-hybridized carbons (Fsp3) is 0.571. The Morgan fingerprint density at radius 1 is 1.16 bits per heavy atom. The Hall–Kier alpha value is -1.62. The number of nitro groups is 1. The van der Waals surface area contributed by atoms with E-state index in [1.165, 1.54) is 31.6 Å². The molecule has 0 bridgehead atoms. The van der Waals surface area contributed by atoms with Crippen LogP contribution in [0.25, 0.3) is 0 Å². The summed E-state index contributed by atoms with van der Waals surface area (Å²) in [5.41, 5.74) is 2.51. The third kappa shape index (κ3) is 2.56. The van der Waals surface area contributed by atoms with Crippen molar-refractivity contribution in [2.45, 2.75) is 19.3 Å². The van der Waals surface area contributed by atoms with Gasteiger partial charge in [-0.2, -0.15) is 0 Å². The number of fused-ring (bicyclic) bond motifs is 1. The molecule has 0 atom stereocenters. The quantitative estimate of drug-likeness (QED) is 0.615. The molecule has 1 aromatic rings. The molecule has 1 saturated heterocycles. The van der Waals surface area contributed by atoms with E-state index in [-0.39, 0.29) is 10.6 Å². The van der Waals surface area contributed by atoms with E-state index in [1.54, 1.807) is 12.1 Å². The molecule has 0 radical (unpaired) electrons. The largest absolute Gasteiger partial charge is 0.370 e. The number of rotatable bonds is 4. The zero-order valence-electron chi connectivity index (χ0n) is 11.0. The standard InChI is InChI=1S/C14H19N3O2/c18-17(19)13-3-4-14-12(11-13)5-8-16(14)10-9-15-6-1-2-7-15/h3-4,11H,1-2,5-10H2. The third-order valence-corrected chi connectivity index (χ3v) is 4.15. The molecule has 5 nitrogen and oxygen atoms in total. The molecule has 0 N–H and O–H groups in total. The summed E-state index contributed by atoms with van der Waals surface area (Å²) in [4.78, 5) is 15.3. The van der Waals surface area contributed by atoms with Crippen molar-refractivity contribution in [1.29, 1.82) is 0 Å². The number of nitrogens with zero attached hydrogens (tertiary/aromatic N) is 3. The lowest BCUT2D eigenvalue weighted by Crippen LogP contribution is -2.32. The van der Waals surface area contributed by atoms with Crippen molar-refractivity contribution in [3.8, 4) is 0 Å². The summed E-state index contributed by atoms with van der Waals surface area (Å²) in [6, 6.07) is 5.25. The van der Waals surface area contributed by atoms with Crippen LogP contribution in [0.1, 0.15) is 18.4 Å². The van der Waals surface area contributed by atoms with E-state index in [4.69, 9.17) is 0 Å². The van der Waals surface area contributed by atoms with Gasteiger partial charge in [-0.15, -0.1) is 0 Å². The second kappa shape index (κ2) is 5.17. The maximum atomic E-state index is 10.8. The maximum Gasteiger partial charge on any atom is 0.269 e. The zero-order chi connectivity index (χ0) is 13.2. The Balaban J connectivity index is 1.66. The number of non-ortho nitro benzene ring substituents is 1. The van der Waals surface area contributed by atoms with Gasteiger partial charge in [0.1, 0.15) is 0 Å². The minimum atomic E-state index is -0.312. The fourth-order valence-corrected chi connectivity index (χ4v) is 3.07. The third-order valence-electron chi connectivity index (χ3n) is 4.15. The predicted molar refractivity (Wildman–Crippen MR) is 74.7 cm³/mol. The first-order chi connectivity index (χ1) is 9.24. The summed E-state index contributed by atoms with van der Waals surface area (Å²) in [7, 11) is 0. The van der Waals surface area contributed by atoms with Crippen LogP contribution in [0.2, 0.25) is 0 Å². The number of hydrogen-bond acceptors (Lipinski definition) is 4. The monoisotopic (exact) mass is 261 g/mol. The van der Waals surface area contributed by atoms with Gasteiger partial charge >= 0.3 is 0 Å². The van der Waals surface area contributed by atoms with Crippen LogP contribution in [0.5, 0.6) is 0 Å². The van der Waals surface area contributed by atoms with E-state index >= 15 is 0 Å². The highest BCUT2D eigenvalue weighted by atomic mass is 16.6. The van der Waals surface area contributed by atoms with E-state index in [2.05, 4.69) is 9.80 Å². The minimum absolute atomic E-state index is 0.208. The van der Waals surface area contributed by atoms with Crippen molar-refractivity contribution in [1.82, 2.24) is 4.90 Å². The van der Waals surface area contributed by atoms with Crippen molar-refractivity contribution in [2.24, 2.45) is 0 Å². The zero-order valence-corrected chi connectivity index (χ0v) is 11.0. The maximum absolute atomic E-state index is 10.8. The molecule has 2 heterocycles. The Morgan fingerprint density at radius 2 is 1.95 bits per heavy atom. The summed E-state index contributed by atoms with van der Waals surface area (Å²) < 4.78 is 0. The molecule has 2 aliphatic rings. The molecule has 3 rings (SSSR count). The Bertz CT molecular complexity index is 484. The van der Waals surface area contributed by atoms with Crippen molar-refractivity contribution in [3.05, 3.63) is 33.9 Å². The highest BCUT2D eigenvalue weighted by molar-refractivity contribution is 5.61. The molecular formula is C14H19N3O2. The van der Waals surface area contributed by atoms with Gasteiger partial charge in [0.15, 0.2) is 0 Å². The lowest BCUT2D eigenvalue weighted by Gasteiger charge is -2.23. The van der Waals surface area contributed by atoms with Crippen LogP contribution in [-0.2, 0) is 6.42 Å². The summed E-state index contributed by atoms with van der Waals surface area (Å²) in [5.74, 6) is 0.